The molecule has 96 valence electrons. The lowest BCUT2D eigenvalue weighted by Gasteiger charge is -2.18. The third-order valence-electron chi connectivity index (χ3n) is 2.12. The van der Waals surface area contributed by atoms with Crippen LogP contribution in [0.4, 0.5) is 0 Å². The van der Waals surface area contributed by atoms with Crippen LogP contribution in [0.15, 0.2) is 22.8 Å². The molecule has 0 aliphatic rings. The molecule has 1 aromatic rings. The van der Waals surface area contributed by atoms with Gasteiger partial charge in [-0.3, -0.25) is 4.79 Å². The van der Waals surface area contributed by atoms with E-state index in [-0.39, 0.29) is 25.5 Å². The van der Waals surface area contributed by atoms with Crippen molar-refractivity contribution in [1.29, 1.82) is 0 Å². The summed E-state index contributed by atoms with van der Waals surface area (Å²) in [6.45, 7) is 2.06. The number of carbonyl (C=O) groups is 1. The highest BCUT2D eigenvalue weighted by molar-refractivity contribution is 7.88. The maximum Gasteiger partial charge on any atom is 0.216 e. The normalized spacial score (nSPS) is 11.7. The Hall–Kier alpha value is -1.34. The van der Waals surface area contributed by atoms with Crippen molar-refractivity contribution >= 4 is 15.9 Å². The van der Waals surface area contributed by atoms with Gasteiger partial charge in [-0.25, -0.2) is 8.42 Å². The number of sulfonamides is 1. The monoisotopic (exact) mass is 260 g/mol. The van der Waals surface area contributed by atoms with Gasteiger partial charge in [-0.05, 0) is 12.1 Å². The fraction of sp³-hybridized carbons (Fsp3) is 0.500. The largest absolute Gasteiger partial charge is 0.468 e. The van der Waals surface area contributed by atoms with Crippen LogP contribution in [0.2, 0.25) is 0 Å². The predicted molar refractivity (Wildman–Crippen MR) is 62.6 cm³/mol. The van der Waals surface area contributed by atoms with Crippen LogP contribution in [0.3, 0.4) is 0 Å². The van der Waals surface area contributed by atoms with Crippen LogP contribution in [-0.4, -0.2) is 38.0 Å². The number of nitrogens with one attached hydrogen (secondary N) is 1. The van der Waals surface area contributed by atoms with E-state index in [0.717, 1.165) is 6.26 Å². The molecule has 0 saturated heterocycles. The molecular weight excluding hydrogens is 244 g/mol. The number of nitrogens with zero attached hydrogens (tertiary/aromatic N) is 1. The van der Waals surface area contributed by atoms with Gasteiger partial charge in [0.05, 0.1) is 19.1 Å². The number of rotatable bonds is 6. The lowest BCUT2D eigenvalue weighted by atomic mass is 10.4. The fourth-order valence-corrected chi connectivity index (χ4v) is 2.08. The molecule has 0 aromatic carbocycles. The van der Waals surface area contributed by atoms with Crippen LogP contribution in [0.5, 0.6) is 0 Å². The molecule has 0 aliphatic carbocycles. The molecule has 1 heterocycles. The molecule has 1 rings (SSSR count). The maximum atomic E-state index is 11.5. The molecule has 0 spiro atoms. The summed E-state index contributed by atoms with van der Waals surface area (Å²) in [5.41, 5.74) is 0. The number of hydrogen-bond donors (Lipinski definition) is 1. The number of furan rings is 1. The molecule has 0 saturated carbocycles. The van der Waals surface area contributed by atoms with Crippen molar-refractivity contribution in [2.75, 3.05) is 19.3 Å². The zero-order valence-electron chi connectivity index (χ0n) is 9.84. The minimum absolute atomic E-state index is 0.172. The average Bonchev–Trinajstić information content (AvgIpc) is 2.66. The van der Waals surface area contributed by atoms with Crippen molar-refractivity contribution in [2.45, 2.75) is 13.5 Å². The third kappa shape index (κ3) is 5.01. The Morgan fingerprint density at radius 1 is 1.53 bits per heavy atom. The second-order valence-corrected chi connectivity index (χ2v) is 5.64. The maximum absolute atomic E-state index is 11.5. The predicted octanol–water partition coefficient (Wildman–Crippen LogP) is 0.177. The van der Waals surface area contributed by atoms with Crippen molar-refractivity contribution in [3.63, 3.8) is 0 Å². The second kappa shape index (κ2) is 5.83. The van der Waals surface area contributed by atoms with Crippen molar-refractivity contribution < 1.29 is 17.6 Å². The highest BCUT2D eigenvalue weighted by atomic mass is 32.2. The van der Waals surface area contributed by atoms with Crippen molar-refractivity contribution in [3.05, 3.63) is 24.2 Å². The van der Waals surface area contributed by atoms with Crippen molar-refractivity contribution in [1.82, 2.24) is 9.62 Å². The SMILES string of the molecule is CC(=O)NCCN(Cc1ccco1)S(C)(=O)=O. The summed E-state index contributed by atoms with van der Waals surface area (Å²) in [6.07, 6.45) is 2.62. The summed E-state index contributed by atoms with van der Waals surface area (Å²) in [7, 11) is -3.32. The molecule has 0 aliphatic heterocycles. The summed E-state index contributed by atoms with van der Waals surface area (Å²) in [4.78, 5) is 10.7. The van der Waals surface area contributed by atoms with Gasteiger partial charge in [0.1, 0.15) is 5.76 Å². The van der Waals surface area contributed by atoms with E-state index >= 15 is 0 Å². The molecular formula is C10H16N2O4S. The minimum atomic E-state index is -3.32. The Bertz CT molecular complexity index is 453. The van der Waals surface area contributed by atoms with Crippen LogP contribution in [-0.2, 0) is 21.4 Å². The molecule has 1 aromatic heterocycles. The molecule has 0 bridgehead atoms. The van der Waals surface area contributed by atoms with E-state index in [1.165, 1.54) is 17.5 Å². The summed E-state index contributed by atoms with van der Waals surface area (Å²) >= 11 is 0. The van der Waals surface area contributed by atoms with Crippen molar-refractivity contribution in [2.24, 2.45) is 0 Å². The molecule has 0 unspecified atom stereocenters. The molecule has 0 fully saturated rings. The van der Waals surface area contributed by atoms with Crippen LogP contribution < -0.4 is 5.32 Å². The van der Waals surface area contributed by atoms with E-state index < -0.39 is 10.0 Å². The number of carbonyl (C=O) groups excluding carboxylic acids is 1. The van der Waals surface area contributed by atoms with Gasteiger partial charge in [0.25, 0.3) is 0 Å². The summed E-state index contributed by atoms with van der Waals surface area (Å²) in [5.74, 6) is 0.384. The van der Waals surface area contributed by atoms with E-state index in [2.05, 4.69) is 5.32 Å². The molecule has 0 radical (unpaired) electrons. The Kier molecular flexibility index (Phi) is 4.71. The summed E-state index contributed by atoms with van der Waals surface area (Å²) in [6, 6.07) is 3.40. The Labute approximate surface area is 101 Å². The average molecular weight is 260 g/mol. The van der Waals surface area contributed by atoms with Gasteiger partial charge in [-0.1, -0.05) is 0 Å². The number of amides is 1. The first kappa shape index (κ1) is 13.7. The van der Waals surface area contributed by atoms with Crippen LogP contribution in [0.25, 0.3) is 0 Å². The molecule has 0 atom stereocenters. The molecule has 7 heteroatoms. The summed E-state index contributed by atoms with van der Waals surface area (Å²) in [5, 5.41) is 2.55. The van der Waals surface area contributed by atoms with E-state index in [1.54, 1.807) is 12.1 Å². The van der Waals surface area contributed by atoms with E-state index in [0.29, 0.717) is 5.76 Å². The van der Waals surface area contributed by atoms with Gasteiger partial charge in [0.15, 0.2) is 0 Å². The van der Waals surface area contributed by atoms with E-state index in [9.17, 15) is 13.2 Å². The summed E-state index contributed by atoms with van der Waals surface area (Å²) < 4.78 is 29.4. The number of hydrogen-bond acceptors (Lipinski definition) is 4. The van der Waals surface area contributed by atoms with Crippen LogP contribution in [0.1, 0.15) is 12.7 Å². The first-order chi connectivity index (χ1) is 7.89. The fourth-order valence-electron chi connectivity index (χ4n) is 1.30. The quantitative estimate of drug-likeness (QED) is 0.791. The molecule has 6 nitrogen and oxygen atoms in total. The highest BCUT2D eigenvalue weighted by Gasteiger charge is 2.17. The topological polar surface area (TPSA) is 79.6 Å². The van der Waals surface area contributed by atoms with Crippen LogP contribution in [0, 0.1) is 0 Å². The van der Waals surface area contributed by atoms with Crippen molar-refractivity contribution in [3.8, 4) is 0 Å². The zero-order valence-corrected chi connectivity index (χ0v) is 10.7. The van der Waals surface area contributed by atoms with Gasteiger partial charge in [-0.2, -0.15) is 4.31 Å². The molecule has 1 N–H and O–H groups in total. The zero-order chi connectivity index (χ0) is 12.9. The van der Waals surface area contributed by atoms with Gasteiger partial charge in [0.2, 0.25) is 15.9 Å². The van der Waals surface area contributed by atoms with Gasteiger partial charge in [0, 0.05) is 20.0 Å². The lowest BCUT2D eigenvalue weighted by Crippen LogP contribution is -2.36. The lowest BCUT2D eigenvalue weighted by molar-refractivity contribution is -0.118. The minimum Gasteiger partial charge on any atom is -0.468 e. The van der Waals surface area contributed by atoms with E-state index in [1.807, 2.05) is 0 Å². The second-order valence-electron chi connectivity index (χ2n) is 3.66. The third-order valence-corrected chi connectivity index (χ3v) is 3.37. The molecule has 17 heavy (non-hydrogen) atoms. The smallest absolute Gasteiger partial charge is 0.216 e. The molecule has 1 amide bonds. The standard InChI is InChI=1S/C10H16N2O4S/c1-9(13)11-5-6-12(17(2,14)15)8-10-4-3-7-16-10/h3-4,7H,5-6,8H2,1-2H3,(H,11,13). The highest BCUT2D eigenvalue weighted by Crippen LogP contribution is 2.08. The van der Waals surface area contributed by atoms with Crippen LogP contribution >= 0.6 is 0 Å². The Morgan fingerprint density at radius 3 is 2.71 bits per heavy atom. The first-order valence-electron chi connectivity index (χ1n) is 5.11. The Balaban J connectivity index is 2.59. The van der Waals surface area contributed by atoms with Gasteiger partial charge >= 0.3 is 0 Å². The van der Waals surface area contributed by atoms with Gasteiger partial charge in [-0.15, -0.1) is 0 Å². The van der Waals surface area contributed by atoms with Gasteiger partial charge < -0.3 is 9.73 Å². The Morgan fingerprint density at radius 2 is 2.24 bits per heavy atom. The first-order valence-corrected chi connectivity index (χ1v) is 6.96. The van der Waals surface area contributed by atoms with E-state index in [4.69, 9.17) is 4.42 Å².